The van der Waals surface area contributed by atoms with Gasteiger partial charge in [0.05, 0.1) is 12.7 Å². The summed E-state index contributed by atoms with van der Waals surface area (Å²) in [6.07, 6.45) is 3.36. The third kappa shape index (κ3) is 2.48. The second kappa shape index (κ2) is 4.27. The van der Waals surface area contributed by atoms with Gasteiger partial charge in [0.1, 0.15) is 12.0 Å². The quantitative estimate of drug-likeness (QED) is 0.579. The highest BCUT2D eigenvalue weighted by Crippen LogP contribution is 2.10. The molecule has 0 unspecified atom stereocenters. The Bertz CT molecular complexity index is 374. The number of carboxylic acids is 1. The molecule has 5 nitrogen and oxygen atoms in total. The predicted molar refractivity (Wildman–Crippen MR) is 46.7 cm³/mol. The van der Waals surface area contributed by atoms with Crippen LogP contribution in [0, 0.1) is 0 Å². The molecule has 0 aromatic carbocycles. The van der Waals surface area contributed by atoms with Crippen molar-refractivity contribution in [2.24, 2.45) is 0 Å². The Morgan fingerprint density at radius 1 is 1.57 bits per heavy atom. The molecule has 0 amide bonds. The molecule has 0 aliphatic carbocycles. The summed E-state index contributed by atoms with van der Waals surface area (Å²) in [6, 6.07) is 1.39. The lowest BCUT2D eigenvalue weighted by molar-refractivity contribution is -0.131. The van der Waals surface area contributed by atoms with Gasteiger partial charge in [-0.1, -0.05) is 0 Å². The fraction of sp³-hybridized carbons (Fsp3) is 0.111. The maximum Gasteiger partial charge on any atom is 0.341 e. The number of hydrogen-bond acceptors (Lipinski definition) is 4. The number of carbonyl (C=O) groups excluding carboxylic acids is 1. The summed E-state index contributed by atoms with van der Waals surface area (Å²) in [7, 11) is 1.25. The summed E-state index contributed by atoms with van der Waals surface area (Å²) >= 11 is 0. The highest BCUT2D eigenvalue weighted by molar-refractivity contribution is 5.90. The van der Waals surface area contributed by atoms with E-state index in [1.807, 2.05) is 0 Å². The minimum atomic E-state index is -1.08. The SMILES string of the molecule is COC(=O)c1coc(C=CC(=O)O)c1. The van der Waals surface area contributed by atoms with Crippen LogP contribution in [0.4, 0.5) is 0 Å². The molecule has 0 aliphatic heterocycles. The largest absolute Gasteiger partial charge is 0.478 e. The van der Waals surface area contributed by atoms with Gasteiger partial charge in [0, 0.05) is 6.08 Å². The van der Waals surface area contributed by atoms with Crippen molar-refractivity contribution in [3.63, 3.8) is 0 Å². The highest BCUT2D eigenvalue weighted by atomic mass is 16.5. The van der Waals surface area contributed by atoms with Crippen LogP contribution < -0.4 is 0 Å². The lowest BCUT2D eigenvalue weighted by Gasteiger charge is -1.89. The van der Waals surface area contributed by atoms with Crippen LogP contribution in [-0.2, 0) is 9.53 Å². The number of esters is 1. The molecule has 14 heavy (non-hydrogen) atoms. The minimum Gasteiger partial charge on any atom is -0.478 e. The van der Waals surface area contributed by atoms with E-state index >= 15 is 0 Å². The Morgan fingerprint density at radius 2 is 2.29 bits per heavy atom. The Labute approximate surface area is 79.6 Å². The van der Waals surface area contributed by atoms with Crippen molar-refractivity contribution in [3.8, 4) is 0 Å². The highest BCUT2D eigenvalue weighted by Gasteiger charge is 2.08. The molecule has 1 rings (SSSR count). The summed E-state index contributed by atoms with van der Waals surface area (Å²) in [5.74, 6) is -1.32. The lowest BCUT2D eigenvalue weighted by atomic mass is 10.3. The molecule has 1 aromatic heterocycles. The van der Waals surface area contributed by atoms with Crippen LogP contribution in [0.3, 0.4) is 0 Å². The average molecular weight is 196 g/mol. The van der Waals surface area contributed by atoms with Crippen LogP contribution >= 0.6 is 0 Å². The normalized spacial score (nSPS) is 10.4. The number of carboxylic acid groups (broad SMARTS) is 1. The first-order valence-corrected chi connectivity index (χ1v) is 3.71. The van der Waals surface area contributed by atoms with Crippen molar-refractivity contribution in [2.75, 3.05) is 7.11 Å². The molecule has 5 heteroatoms. The average Bonchev–Trinajstić information content (AvgIpc) is 2.62. The first-order chi connectivity index (χ1) is 6.63. The number of furan rings is 1. The van der Waals surface area contributed by atoms with Crippen LogP contribution in [0.1, 0.15) is 16.1 Å². The molecular formula is C9H8O5. The van der Waals surface area contributed by atoms with E-state index in [0.717, 1.165) is 6.08 Å². The first kappa shape index (κ1) is 10.0. The lowest BCUT2D eigenvalue weighted by Crippen LogP contribution is -1.98. The second-order valence-corrected chi connectivity index (χ2v) is 2.40. The van der Waals surface area contributed by atoms with E-state index in [1.165, 1.54) is 25.5 Å². The van der Waals surface area contributed by atoms with Crippen LogP contribution in [0.2, 0.25) is 0 Å². The maximum absolute atomic E-state index is 10.9. The van der Waals surface area contributed by atoms with E-state index in [0.29, 0.717) is 0 Å². The molecule has 1 N–H and O–H groups in total. The van der Waals surface area contributed by atoms with E-state index in [4.69, 9.17) is 9.52 Å². The van der Waals surface area contributed by atoms with E-state index in [9.17, 15) is 9.59 Å². The van der Waals surface area contributed by atoms with Crippen molar-refractivity contribution in [1.29, 1.82) is 0 Å². The van der Waals surface area contributed by atoms with Gasteiger partial charge in [0.15, 0.2) is 0 Å². The van der Waals surface area contributed by atoms with E-state index in [-0.39, 0.29) is 11.3 Å². The summed E-state index contributed by atoms with van der Waals surface area (Å²) in [5.41, 5.74) is 0.248. The van der Waals surface area contributed by atoms with Crippen molar-refractivity contribution < 1.29 is 23.8 Å². The molecule has 0 fully saturated rings. The summed E-state index contributed by atoms with van der Waals surface area (Å²) in [6.45, 7) is 0. The third-order valence-corrected chi connectivity index (χ3v) is 1.43. The van der Waals surface area contributed by atoms with Crippen molar-refractivity contribution in [3.05, 3.63) is 29.7 Å². The molecule has 74 valence electrons. The van der Waals surface area contributed by atoms with Gasteiger partial charge in [-0.25, -0.2) is 9.59 Å². The van der Waals surface area contributed by atoms with Crippen LogP contribution in [0.15, 0.2) is 22.8 Å². The van der Waals surface area contributed by atoms with Gasteiger partial charge in [-0.05, 0) is 12.1 Å². The number of carbonyl (C=O) groups is 2. The minimum absolute atomic E-state index is 0.248. The molecule has 0 spiro atoms. The van der Waals surface area contributed by atoms with E-state index in [2.05, 4.69) is 4.74 Å². The fourth-order valence-electron chi connectivity index (χ4n) is 0.819. The van der Waals surface area contributed by atoms with Crippen molar-refractivity contribution in [2.45, 2.75) is 0 Å². The Hall–Kier alpha value is -2.04. The zero-order chi connectivity index (χ0) is 10.6. The molecule has 1 heterocycles. The molecule has 0 bridgehead atoms. The number of ether oxygens (including phenoxy) is 1. The molecule has 0 radical (unpaired) electrons. The third-order valence-electron chi connectivity index (χ3n) is 1.43. The Morgan fingerprint density at radius 3 is 2.86 bits per heavy atom. The number of methoxy groups -OCH3 is 1. The zero-order valence-electron chi connectivity index (χ0n) is 7.39. The molecule has 1 aromatic rings. The first-order valence-electron chi connectivity index (χ1n) is 3.71. The monoisotopic (exact) mass is 196 g/mol. The molecule has 0 saturated heterocycles. The van der Waals surface area contributed by atoms with Crippen molar-refractivity contribution in [1.82, 2.24) is 0 Å². The smallest absolute Gasteiger partial charge is 0.341 e. The van der Waals surface area contributed by atoms with Crippen LogP contribution in [0.5, 0.6) is 0 Å². The summed E-state index contributed by atoms with van der Waals surface area (Å²) in [4.78, 5) is 21.1. The molecule has 0 atom stereocenters. The molecular weight excluding hydrogens is 188 g/mol. The van der Waals surface area contributed by atoms with Gasteiger partial charge in [0.2, 0.25) is 0 Å². The Kier molecular flexibility index (Phi) is 3.06. The van der Waals surface area contributed by atoms with Gasteiger partial charge in [-0.2, -0.15) is 0 Å². The maximum atomic E-state index is 10.9. The summed E-state index contributed by atoms with van der Waals surface area (Å²) < 4.78 is 9.32. The summed E-state index contributed by atoms with van der Waals surface area (Å²) in [5, 5.41) is 8.32. The van der Waals surface area contributed by atoms with Crippen molar-refractivity contribution >= 4 is 18.0 Å². The van der Waals surface area contributed by atoms with Gasteiger partial charge < -0.3 is 14.3 Å². The van der Waals surface area contributed by atoms with Gasteiger partial charge in [0.25, 0.3) is 0 Å². The second-order valence-electron chi connectivity index (χ2n) is 2.40. The van der Waals surface area contributed by atoms with Gasteiger partial charge >= 0.3 is 11.9 Å². The van der Waals surface area contributed by atoms with E-state index in [1.54, 1.807) is 0 Å². The predicted octanol–water partition coefficient (Wildman–Crippen LogP) is 1.16. The van der Waals surface area contributed by atoms with Gasteiger partial charge in [-0.15, -0.1) is 0 Å². The standard InChI is InChI=1S/C9H8O5/c1-13-9(12)6-4-7(14-5-6)2-3-8(10)11/h2-5H,1H3,(H,10,11). The zero-order valence-corrected chi connectivity index (χ0v) is 7.39. The van der Waals surface area contributed by atoms with Gasteiger partial charge in [-0.3, -0.25) is 0 Å². The van der Waals surface area contributed by atoms with E-state index < -0.39 is 11.9 Å². The van der Waals surface area contributed by atoms with Crippen LogP contribution in [0.25, 0.3) is 6.08 Å². The topological polar surface area (TPSA) is 76.7 Å². The molecule has 0 aliphatic rings. The number of hydrogen-bond donors (Lipinski definition) is 1. The number of aliphatic carboxylic acids is 1. The van der Waals surface area contributed by atoms with Crippen LogP contribution in [-0.4, -0.2) is 24.2 Å². The fourth-order valence-corrected chi connectivity index (χ4v) is 0.819. The number of rotatable bonds is 3. The molecule has 0 saturated carbocycles. The Balaban J connectivity index is 2.78.